The molecule has 280 valence electrons. The van der Waals surface area contributed by atoms with Crippen molar-refractivity contribution >= 4 is 18.2 Å². The second kappa shape index (κ2) is 17.6. The molecule has 2 aliphatic carbocycles. The Labute approximate surface area is 298 Å². The van der Waals surface area contributed by atoms with Gasteiger partial charge in [-0.15, -0.1) is 0 Å². The fraction of sp³-hybridized carbons (Fsp3) is 0.769. The maximum Gasteiger partial charge on any atom is 0.410 e. The van der Waals surface area contributed by atoms with Crippen molar-refractivity contribution in [2.45, 2.75) is 122 Å². The van der Waals surface area contributed by atoms with Gasteiger partial charge in [-0.25, -0.2) is 9.59 Å². The van der Waals surface area contributed by atoms with Crippen molar-refractivity contribution in [2.75, 3.05) is 45.9 Å². The van der Waals surface area contributed by atoms with Crippen LogP contribution in [-0.4, -0.2) is 119 Å². The summed E-state index contributed by atoms with van der Waals surface area (Å²) in [5.74, 6) is 0.461. The lowest BCUT2D eigenvalue weighted by atomic mass is 9.89. The van der Waals surface area contributed by atoms with Gasteiger partial charge in [-0.1, -0.05) is 63.8 Å². The fourth-order valence-electron chi connectivity index (χ4n) is 7.92. The van der Waals surface area contributed by atoms with Crippen LogP contribution in [0.1, 0.15) is 91.9 Å². The number of likely N-dealkylation sites (tertiary alicyclic amines) is 1. The van der Waals surface area contributed by atoms with Gasteiger partial charge in [-0.3, -0.25) is 9.69 Å². The number of piperazine rings is 1. The van der Waals surface area contributed by atoms with Gasteiger partial charge in [0, 0.05) is 57.1 Å². The average Bonchev–Trinajstić information content (AvgIpc) is 3.79. The molecule has 0 aromatic rings. The Bertz CT molecular complexity index is 1240. The number of piperidine rings is 1. The molecule has 3 heterocycles. The Balaban J connectivity index is 1.19. The summed E-state index contributed by atoms with van der Waals surface area (Å²) in [6.07, 6.45) is 14.8. The highest BCUT2D eigenvalue weighted by atomic mass is 16.6. The van der Waals surface area contributed by atoms with Crippen LogP contribution in [0.3, 0.4) is 0 Å². The molecule has 2 N–H and O–H groups in total. The van der Waals surface area contributed by atoms with Gasteiger partial charge < -0.3 is 34.2 Å². The van der Waals surface area contributed by atoms with Crippen LogP contribution in [0.2, 0.25) is 0 Å². The summed E-state index contributed by atoms with van der Waals surface area (Å²) >= 11 is 0. The third-order valence-electron chi connectivity index (χ3n) is 11.4. The highest BCUT2D eigenvalue weighted by Crippen LogP contribution is 2.45. The standard InChI is InChI=1S/C39H61N3O8/c1-27(26-48-37(45)42-24-30-22-31(30)25-42)10-9-11-28(2)36-29(3)14-15-34(39(4,47)17-16-33(43)23-35(44)50-36)49-38(46)41-20-18-40(19-21-41)32-12-7-5-6-8-13-32/h9-11,14-15,27,29-34,36,43,47H,5-8,12-13,16-26H2,1-4H3/b10-9+,15-14-,28-11+/t27-,29+,30?,31?,33-,34+,36-,39-/m1/s1. The van der Waals surface area contributed by atoms with Gasteiger partial charge in [0.05, 0.1) is 19.1 Å². The largest absolute Gasteiger partial charge is 0.457 e. The Morgan fingerprint density at radius 1 is 1.02 bits per heavy atom. The summed E-state index contributed by atoms with van der Waals surface area (Å²) in [5, 5.41) is 22.2. The van der Waals surface area contributed by atoms with Crippen molar-refractivity contribution in [1.82, 2.24) is 14.7 Å². The number of hydrogen-bond donors (Lipinski definition) is 2. The summed E-state index contributed by atoms with van der Waals surface area (Å²) in [7, 11) is 0. The molecule has 0 spiro atoms. The second-order valence-electron chi connectivity index (χ2n) is 15.9. The summed E-state index contributed by atoms with van der Waals surface area (Å²) in [6.45, 7) is 12.0. The maximum absolute atomic E-state index is 13.4. The molecule has 2 saturated heterocycles. The van der Waals surface area contributed by atoms with Crippen LogP contribution in [0.15, 0.2) is 36.0 Å². The predicted octanol–water partition coefficient (Wildman–Crippen LogP) is 5.46. The molecule has 2 amide bonds. The van der Waals surface area contributed by atoms with Gasteiger partial charge in [0.1, 0.15) is 11.7 Å². The van der Waals surface area contributed by atoms with Crippen LogP contribution >= 0.6 is 0 Å². The van der Waals surface area contributed by atoms with Gasteiger partial charge in [0.25, 0.3) is 0 Å². The van der Waals surface area contributed by atoms with E-state index in [0.29, 0.717) is 31.0 Å². The van der Waals surface area contributed by atoms with E-state index in [1.165, 1.54) is 44.9 Å². The van der Waals surface area contributed by atoms with E-state index in [1.807, 2.05) is 45.1 Å². The predicted molar refractivity (Wildman–Crippen MR) is 190 cm³/mol. The lowest BCUT2D eigenvalue weighted by molar-refractivity contribution is -0.151. The molecule has 5 rings (SSSR count). The Morgan fingerprint density at radius 2 is 1.70 bits per heavy atom. The summed E-state index contributed by atoms with van der Waals surface area (Å²) in [5.41, 5.74) is -0.679. The number of cyclic esters (lactones) is 1. The Kier molecular flexibility index (Phi) is 13.5. The van der Waals surface area contributed by atoms with Crippen molar-refractivity contribution < 1.29 is 38.8 Å². The second-order valence-corrected chi connectivity index (χ2v) is 15.9. The minimum Gasteiger partial charge on any atom is -0.457 e. The van der Waals surface area contributed by atoms with Gasteiger partial charge >= 0.3 is 18.2 Å². The van der Waals surface area contributed by atoms with E-state index in [-0.39, 0.29) is 43.8 Å². The van der Waals surface area contributed by atoms with Gasteiger partial charge in [0.2, 0.25) is 0 Å². The molecule has 11 heteroatoms. The number of rotatable bonds is 7. The summed E-state index contributed by atoms with van der Waals surface area (Å²) in [6, 6.07) is 0.590. The molecule has 4 fully saturated rings. The number of aliphatic hydroxyl groups is 2. The highest BCUT2D eigenvalue weighted by Gasteiger charge is 2.47. The molecule has 11 nitrogen and oxygen atoms in total. The molecule has 50 heavy (non-hydrogen) atoms. The van der Waals surface area contributed by atoms with E-state index in [4.69, 9.17) is 14.2 Å². The maximum atomic E-state index is 13.4. The van der Waals surface area contributed by atoms with Crippen LogP contribution < -0.4 is 0 Å². The molecule has 5 aliphatic rings. The van der Waals surface area contributed by atoms with E-state index in [2.05, 4.69) is 4.90 Å². The third-order valence-corrected chi connectivity index (χ3v) is 11.4. The first kappa shape index (κ1) is 38.3. The van der Waals surface area contributed by atoms with E-state index >= 15 is 0 Å². The zero-order valence-electron chi connectivity index (χ0n) is 30.7. The number of fused-ring (bicyclic) bond motifs is 1. The number of esters is 1. The van der Waals surface area contributed by atoms with Gasteiger partial charge in [0.15, 0.2) is 6.10 Å². The monoisotopic (exact) mass is 699 g/mol. The van der Waals surface area contributed by atoms with Crippen molar-refractivity contribution in [3.05, 3.63) is 36.0 Å². The first-order valence-corrected chi connectivity index (χ1v) is 19.1. The molecule has 2 saturated carbocycles. The van der Waals surface area contributed by atoms with Gasteiger partial charge in [-0.2, -0.15) is 0 Å². The molecule has 0 aromatic carbocycles. The van der Waals surface area contributed by atoms with Crippen molar-refractivity contribution in [3.8, 4) is 0 Å². The minimum absolute atomic E-state index is 0.0103. The summed E-state index contributed by atoms with van der Waals surface area (Å²) in [4.78, 5) is 44.7. The molecule has 0 aromatic heterocycles. The van der Waals surface area contributed by atoms with Crippen LogP contribution in [0, 0.1) is 23.7 Å². The van der Waals surface area contributed by atoms with E-state index < -0.39 is 36.0 Å². The van der Waals surface area contributed by atoms with Crippen LogP contribution in [-0.2, 0) is 19.0 Å². The number of aliphatic hydroxyl groups excluding tert-OH is 1. The first-order chi connectivity index (χ1) is 23.9. The Morgan fingerprint density at radius 3 is 2.38 bits per heavy atom. The smallest absolute Gasteiger partial charge is 0.410 e. The number of ether oxygens (including phenoxy) is 3. The lowest BCUT2D eigenvalue weighted by Crippen LogP contribution is -2.53. The number of carbonyl (C=O) groups is 3. The average molecular weight is 700 g/mol. The fourth-order valence-corrected chi connectivity index (χ4v) is 7.92. The van der Waals surface area contributed by atoms with E-state index in [9.17, 15) is 24.6 Å². The van der Waals surface area contributed by atoms with E-state index in [1.54, 1.807) is 22.8 Å². The minimum atomic E-state index is -1.46. The molecule has 0 radical (unpaired) electrons. The topological polar surface area (TPSA) is 129 Å². The molecule has 8 atom stereocenters. The third kappa shape index (κ3) is 10.8. The summed E-state index contributed by atoms with van der Waals surface area (Å²) < 4.78 is 17.4. The number of amides is 2. The highest BCUT2D eigenvalue weighted by molar-refractivity contribution is 5.70. The van der Waals surface area contributed by atoms with Crippen LogP contribution in [0.5, 0.6) is 0 Å². The number of hydrogen-bond acceptors (Lipinski definition) is 9. The van der Waals surface area contributed by atoms with Crippen molar-refractivity contribution in [1.29, 1.82) is 0 Å². The molecular weight excluding hydrogens is 638 g/mol. The van der Waals surface area contributed by atoms with E-state index in [0.717, 1.165) is 31.8 Å². The van der Waals surface area contributed by atoms with Crippen molar-refractivity contribution in [2.24, 2.45) is 23.7 Å². The number of allylic oxidation sites excluding steroid dienone is 2. The number of carbonyl (C=O) groups excluding carboxylic acids is 3. The molecule has 0 bridgehead atoms. The normalized spacial score (nSPS) is 34.9. The lowest BCUT2D eigenvalue weighted by Gasteiger charge is -2.40. The zero-order chi connectivity index (χ0) is 35.8. The van der Waals surface area contributed by atoms with Crippen LogP contribution in [0.25, 0.3) is 0 Å². The molecule has 2 unspecified atom stereocenters. The van der Waals surface area contributed by atoms with Gasteiger partial charge in [-0.05, 0) is 69.4 Å². The Hall–Kier alpha value is -2.89. The zero-order valence-corrected chi connectivity index (χ0v) is 30.7. The number of nitrogens with zero attached hydrogens (tertiary/aromatic N) is 3. The van der Waals surface area contributed by atoms with Crippen molar-refractivity contribution in [3.63, 3.8) is 0 Å². The van der Waals surface area contributed by atoms with Crippen LogP contribution in [0.4, 0.5) is 9.59 Å². The molecule has 3 aliphatic heterocycles. The SMILES string of the molecule is C/C(=C\C=C\[C@@H](C)COC(=O)N1CC2CC2C1)[C@H]1OC(=O)C[C@H](O)CC[C@@](C)(O)[C@@H](OC(=O)N2CCN(C3CCCCCC3)CC2)/C=C\[C@@H]1C. The first-order valence-electron chi connectivity index (χ1n) is 19.1. The molecular formula is C39H61N3O8. The quantitative estimate of drug-likeness (QED) is 0.117.